The third-order valence-corrected chi connectivity index (χ3v) is 7.06. The first-order chi connectivity index (χ1) is 14.1. The Kier molecular flexibility index (Phi) is 5.81. The van der Waals surface area contributed by atoms with Gasteiger partial charge in [-0.2, -0.15) is 0 Å². The molecule has 2 N–H and O–H groups in total. The van der Waals surface area contributed by atoms with Crippen molar-refractivity contribution in [2.75, 3.05) is 26.2 Å². The molecule has 29 heavy (non-hydrogen) atoms. The van der Waals surface area contributed by atoms with Crippen LogP contribution in [0, 0.1) is 5.92 Å². The molecular weight excluding hydrogens is 366 g/mol. The van der Waals surface area contributed by atoms with Gasteiger partial charge in [0.1, 0.15) is 0 Å². The Morgan fingerprint density at radius 1 is 1.14 bits per heavy atom. The molecule has 2 atom stereocenters. The van der Waals surface area contributed by atoms with Crippen molar-refractivity contribution in [1.82, 2.24) is 15.1 Å². The molecule has 0 radical (unpaired) electrons. The summed E-state index contributed by atoms with van der Waals surface area (Å²) in [6.07, 6.45) is 6.20. The number of nitrogens with one attached hydrogen (secondary N) is 1. The number of likely N-dealkylation sites (tertiary alicyclic amines) is 2. The van der Waals surface area contributed by atoms with Crippen LogP contribution in [-0.4, -0.2) is 64.7 Å². The van der Waals surface area contributed by atoms with E-state index in [1.54, 1.807) is 4.90 Å². The molecule has 2 aliphatic heterocycles. The molecule has 1 saturated carbocycles. The van der Waals surface area contributed by atoms with E-state index >= 15 is 0 Å². The van der Waals surface area contributed by atoms with Gasteiger partial charge in [-0.25, -0.2) is 4.79 Å². The average molecular weight is 400 g/mol. The van der Waals surface area contributed by atoms with E-state index in [0.29, 0.717) is 19.6 Å². The molecule has 2 saturated heterocycles. The van der Waals surface area contributed by atoms with Crippen molar-refractivity contribution in [3.8, 4) is 0 Å². The molecular formula is C23H33N3O3. The molecule has 4 rings (SSSR count). The number of urea groups is 1. The first kappa shape index (κ1) is 20.2. The Morgan fingerprint density at radius 3 is 2.45 bits per heavy atom. The third-order valence-electron chi connectivity index (χ3n) is 7.06. The Hall–Kier alpha value is -2.08. The lowest BCUT2D eigenvalue weighted by molar-refractivity contribution is -0.197. The van der Waals surface area contributed by atoms with Crippen LogP contribution < -0.4 is 5.32 Å². The third kappa shape index (κ3) is 3.41. The van der Waals surface area contributed by atoms with Crippen LogP contribution in [0.3, 0.4) is 0 Å². The second kappa shape index (κ2) is 8.34. The van der Waals surface area contributed by atoms with Crippen LogP contribution in [-0.2, 0) is 4.79 Å². The molecule has 2 heterocycles. The molecule has 6 nitrogen and oxygen atoms in total. The largest absolute Gasteiger partial charge is 0.394 e. The van der Waals surface area contributed by atoms with Crippen molar-refractivity contribution in [2.45, 2.75) is 62.9 Å². The highest BCUT2D eigenvalue weighted by molar-refractivity contribution is 5.84. The van der Waals surface area contributed by atoms with E-state index in [1.165, 1.54) is 6.42 Å². The van der Waals surface area contributed by atoms with Gasteiger partial charge in [0, 0.05) is 31.5 Å². The van der Waals surface area contributed by atoms with Gasteiger partial charge in [0.05, 0.1) is 18.2 Å². The number of amides is 3. The van der Waals surface area contributed by atoms with Crippen LogP contribution in [0.4, 0.5) is 4.79 Å². The second-order valence-electron chi connectivity index (χ2n) is 8.87. The van der Waals surface area contributed by atoms with Gasteiger partial charge in [-0.05, 0) is 24.8 Å². The van der Waals surface area contributed by atoms with Crippen molar-refractivity contribution >= 4 is 11.9 Å². The van der Waals surface area contributed by atoms with Gasteiger partial charge in [-0.1, -0.05) is 56.5 Å². The number of nitrogens with zero attached hydrogens (tertiary/aromatic N) is 2. The van der Waals surface area contributed by atoms with Crippen molar-refractivity contribution < 1.29 is 14.7 Å². The summed E-state index contributed by atoms with van der Waals surface area (Å²) in [5.74, 6) is 0.315. The maximum atomic E-state index is 13.5. The molecule has 1 aliphatic carbocycles. The summed E-state index contributed by atoms with van der Waals surface area (Å²) in [6.45, 7) is 3.73. The smallest absolute Gasteiger partial charge is 0.317 e. The van der Waals surface area contributed by atoms with Gasteiger partial charge in [-0.15, -0.1) is 0 Å². The Bertz CT molecular complexity index is 726. The van der Waals surface area contributed by atoms with Crippen molar-refractivity contribution in [3.63, 3.8) is 0 Å². The maximum absolute atomic E-state index is 13.5. The fraction of sp³-hybridized carbons (Fsp3) is 0.652. The standard InChI is InChI=1S/C23H33N3O3/c1-2-13-24-22(29)25-15-23(16-25)20(17-9-5-3-6-10-17)19(14-27)26(23)21(28)18-11-7-4-8-12-18/h3,5-6,9-10,18-20,27H,2,4,7-8,11-16H2,1H3,(H,24,29)/t19-,20+/m0/s1. The summed E-state index contributed by atoms with van der Waals surface area (Å²) in [5, 5.41) is 13.1. The predicted octanol–water partition coefficient (Wildman–Crippen LogP) is 2.73. The van der Waals surface area contributed by atoms with Crippen molar-refractivity contribution in [3.05, 3.63) is 35.9 Å². The van der Waals surface area contributed by atoms with E-state index in [0.717, 1.165) is 37.7 Å². The van der Waals surface area contributed by atoms with E-state index < -0.39 is 0 Å². The Balaban J connectivity index is 1.58. The van der Waals surface area contributed by atoms with E-state index in [9.17, 15) is 14.7 Å². The number of rotatable bonds is 5. The van der Waals surface area contributed by atoms with E-state index in [4.69, 9.17) is 0 Å². The number of aliphatic hydroxyl groups is 1. The van der Waals surface area contributed by atoms with Crippen LogP contribution in [0.5, 0.6) is 0 Å². The second-order valence-corrected chi connectivity index (χ2v) is 8.87. The monoisotopic (exact) mass is 399 g/mol. The summed E-state index contributed by atoms with van der Waals surface area (Å²) < 4.78 is 0. The summed E-state index contributed by atoms with van der Waals surface area (Å²) >= 11 is 0. The van der Waals surface area contributed by atoms with Crippen LogP contribution >= 0.6 is 0 Å². The number of aliphatic hydroxyl groups excluding tert-OH is 1. The zero-order chi connectivity index (χ0) is 20.4. The highest BCUT2D eigenvalue weighted by Gasteiger charge is 2.68. The van der Waals surface area contributed by atoms with Crippen molar-refractivity contribution in [1.29, 1.82) is 0 Å². The molecule has 6 heteroatoms. The lowest BCUT2D eigenvalue weighted by Gasteiger charge is -2.70. The molecule has 3 aliphatic rings. The van der Waals surface area contributed by atoms with Gasteiger partial charge in [-0.3, -0.25) is 4.79 Å². The SMILES string of the molecule is CCCNC(=O)N1CC2(C1)[C@H](c1ccccc1)[C@H](CO)N2C(=O)C1CCCCC1. The van der Waals surface area contributed by atoms with Gasteiger partial charge < -0.3 is 20.2 Å². The van der Waals surface area contributed by atoms with Gasteiger partial charge in [0.2, 0.25) is 5.91 Å². The summed E-state index contributed by atoms with van der Waals surface area (Å²) in [5.41, 5.74) is 0.764. The fourth-order valence-electron chi connectivity index (χ4n) is 5.67. The maximum Gasteiger partial charge on any atom is 0.317 e. The lowest BCUT2D eigenvalue weighted by Crippen LogP contribution is -2.86. The predicted molar refractivity (Wildman–Crippen MR) is 111 cm³/mol. The number of carbonyl (C=O) groups excluding carboxylic acids is 2. The van der Waals surface area contributed by atoms with Gasteiger partial charge in [0.25, 0.3) is 0 Å². The van der Waals surface area contributed by atoms with Gasteiger partial charge >= 0.3 is 6.03 Å². The first-order valence-corrected chi connectivity index (χ1v) is 11.1. The zero-order valence-electron chi connectivity index (χ0n) is 17.3. The molecule has 3 fully saturated rings. The summed E-state index contributed by atoms with van der Waals surface area (Å²) in [6, 6.07) is 9.91. The van der Waals surface area contributed by atoms with Crippen LogP contribution in [0.1, 0.15) is 56.9 Å². The summed E-state index contributed by atoms with van der Waals surface area (Å²) in [4.78, 5) is 29.7. The quantitative estimate of drug-likeness (QED) is 0.800. The Labute approximate surface area is 173 Å². The zero-order valence-corrected chi connectivity index (χ0v) is 17.3. The summed E-state index contributed by atoms with van der Waals surface area (Å²) in [7, 11) is 0. The Morgan fingerprint density at radius 2 is 1.83 bits per heavy atom. The molecule has 1 spiro atoms. The van der Waals surface area contributed by atoms with Crippen LogP contribution in [0.2, 0.25) is 0 Å². The lowest BCUT2D eigenvalue weighted by atomic mass is 9.60. The first-order valence-electron chi connectivity index (χ1n) is 11.1. The molecule has 3 amide bonds. The van der Waals surface area contributed by atoms with Crippen molar-refractivity contribution in [2.24, 2.45) is 5.92 Å². The molecule has 0 bridgehead atoms. The topological polar surface area (TPSA) is 72.9 Å². The number of hydrogen-bond acceptors (Lipinski definition) is 3. The number of benzene rings is 1. The minimum Gasteiger partial charge on any atom is -0.394 e. The highest BCUT2D eigenvalue weighted by atomic mass is 16.3. The van der Waals surface area contributed by atoms with E-state index in [2.05, 4.69) is 17.4 Å². The molecule has 1 aromatic carbocycles. The van der Waals surface area contributed by atoms with E-state index in [-0.39, 0.29) is 42.0 Å². The van der Waals surface area contributed by atoms with Gasteiger partial charge in [0.15, 0.2) is 0 Å². The average Bonchev–Trinajstić information content (AvgIpc) is 2.72. The molecule has 158 valence electrons. The highest BCUT2D eigenvalue weighted by Crippen LogP contribution is 2.54. The minimum atomic E-state index is -0.382. The fourth-order valence-corrected chi connectivity index (χ4v) is 5.67. The number of hydrogen-bond donors (Lipinski definition) is 2. The van der Waals surface area contributed by atoms with E-state index in [1.807, 2.05) is 30.0 Å². The normalized spacial score (nSPS) is 26.0. The number of carbonyl (C=O) groups is 2. The van der Waals surface area contributed by atoms with Crippen LogP contribution in [0.25, 0.3) is 0 Å². The molecule has 1 aromatic rings. The minimum absolute atomic E-state index is 0.0399. The molecule has 0 unspecified atom stereocenters. The van der Waals surface area contributed by atoms with Crippen LogP contribution in [0.15, 0.2) is 30.3 Å². The molecule has 0 aromatic heterocycles.